The average molecular weight is 857 g/mol. The van der Waals surface area contributed by atoms with Crippen molar-refractivity contribution in [3.05, 3.63) is 75.9 Å². The maximum absolute atomic E-state index is 13.7. The lowest BCUT2D eigenvalue weighted by atomic mass is 9.86. The summed E-state index contributed by atoms with van der Waals surface area (Å²) in [4.78, 5) is 45.4. The highest BCUT2D eigenvalue weighted by atomic mass is 32.2. The number of aryl methyl sites for hydroxylation is 3. The van der Waals surface area contributed by atoms with Crippen molar-refractivity contribution in [3.63, 3.8) is 0 Å². The Hall–Kier alpha value is -4.31. The zero-order valence-electron chi connectivity index (χ0n) is 37.0. The van der Waals surface area contributed by atoms with Crippen molar-refractivity contribution >= 4 is 62.9 Å². The molecule has 330 valence electrons. The molecule has 8 bridgehead atoms. The van der Waals surface area contributed by atoms with Crippen LogP contribution in [0, 0.1) is 26.7 Å². The number of aromatic nitrogens is 4. The van der Waals surface area contributed by atoms with Crippen LogP contribution in [0.3, 0.4) is 0 Å². The molecule has 8 atom stereocenters. The Balaban J connectivity index is 1.17. The first-order valence-corrected chi connectivity index (χ1v) is 22.5. The van der Waals surface area contributed by atoms with Crippen molar-refractivity contribution in [2.75, 3.05) is 26.0 Å². The molecule has 1 amide bonds. The summed E-state index contributed by atoms with van der Waals surface area (Å²) in [5, 5.41) is 31.7. The molecule has 3 aliphatic rings. The second-order valence-electron chi connectivity index (χ2n) is 17.2. The van der Waals surface area contributed by atoms with E-state index in [4.69, 9.17) is 25.2 Å². The molecule has 0 radical (unpaired) electrons. The van der Waals surface area contributed by atoms with E-state index in [1.54, 1.807) is 25.8 Å². The molecule has 0 aliphatic carbocycles. The normalized spacial score (nSPS) is 23.3. The van der Waals surface area contributed by atoms with Gasteiger partial charge in [-0.3, -0.25) is 14.6 Å². The van der Waals surface area contributed by atoms with Crippen molar-refractivity contribution in [2.45, 2.75) is 129 Å². The summed E-state index contributed by atoms with van der Waals surface area (Å²) >= 11 is 1.27. The first-order chi connectivity index (χ1) is 28.9. The van der Waals surface area contributed by atoms with Crippen molar-refractivity contribution in [1.82, 2.24) is 24.8 Å². The van der Waals surface area contributed by atoms with Gasteiger partial charge in [-0.1, -0.05) is 40.3 Å². The number of ether oxygens (including phenoxy) is 2. The zero-order chi connectivity index (χ0) is 44.4. The van der Waals surface area contributed by atoms with E-state index >= 15 is 0 Å². The Morgan fingerprint density at radius 2 is 1.67 bits per heavy atom. The smallest absolute Gasteiger partial charge is 0.323 e. The molecule has 13 nitrogen and oxygen atoms in total. The van der Waals surface area contributed by atoms with Crippen LogP contribution in [0.4, 0.5) is 0 Å². The van der Waals surface area contributed by atoms with Crippen LogP contribution in [0.25, 0.3) is 39.3 Å². The fourth-order valence-corrected chi connectivity index (χ4v) is 9.60. The van der Waals surface area contributed by atoms with Gasteiger partial charge in [0.15, 0.2) is 0 Å². The van der Waals surface area contributed by atoms with E-state index in [9.17, 15) is 24.9 Å². The van der Waals surface area contributed by atoms with Crippen LogP contribution in [0.2, 0.25) is 0 Å². The number of nitrogens with zero attached hydrogens (tertiary/aromatic N) is 3. The van der Waals surface area contributed by atoms with E-state index in [2.05, 4.69) is 82.4 Å². The van der Waals surface area contributed by atoms with E-state index < -0.39 is 41.9 Å². The number of nitrogens with one attached hydrogen (secondary N) is 2. The summed E-state index contributed by atoms with van der Waals surface area (Å²) in [6, 6.07) is 7.76. The number of aliphatic hydroxyl groups is 3. The summed E-state index contributed by atoms with van der Waals surface area (Å²) in [5.41, 5.74) is 19.4. The van der Waals surface area contributed by atoms with Crippen molar-refractivity contribution < 1.29 is 34.4 Å². The lowest BCUT2D eigenvalue weighted by Crippen LogP contribution is -2.58. The summed E-state index contributed by atoms with van der Waals surface area (Å²) in [7, 11) is 1.79. The Labute approximate surface area is 363 Å². The van der Waals surface area contributed by atoms with Gasteiger partial charge in [-0.15, -0.1) is 11.8 Å². The Bertz CT molecular complexity index is 2330. The van der Waals surface area contributed by atoms with Gasteiger partial charge in [-0.05, 0) is 111 Å². The summed E-state index contributed by atoms with van der Waals surface area (Å²) in [5.74, 6) is -0.195. The topological polar surface area (TPSA) is 200 Å². The molecular formula is C47H64N6O7S. The standard InChI is InChI=1S/C47H64N6O7S/c1-11-29-26(7)35-21-38-30(12-2)25(6)34(50-38)20-36-27(8)31(42(52-36)28(9)33-18-24(5)32(49-33)19-37(29)51-35)14-15-40(54)53(10)16-13-17-61-47-45(57)44(56)43(55)39(60-47)22-59-46(58)41(48)23(3)4/h12,18-21,23,27,31,39,41,43-45,47,49-50,55-57H,2,11,13-17,22,48H2,1,3-10H3/t27-,31-,39+,41-,43+,44-,45+,47-/m0/s1. The number of thioether (sulfide) groups is 1. The predicted molar refractivity (Wildman–Crippen MR) is 244 cm³/mol. The van der Waals surface area contributed by atoms with E-state index in [1.807, 2.05) is 6.08 Å². The molecule has 0 aromatic carbocycles. The minimum Gasteiger partial charge on any atom is -0.462 e. The molecule has 6 heterocycles. The molecule has 6 rings (SSSR count). The first-order valence-electron chi connectivity index (χ1n) is 21.5. The number of amides is 1. The molecule has 7 N–H and O–H groups in total. The largest absolute Gasteiger partial charge is 0.462 e. The number of nitrogens with two attached hydrogens (primary N) is 1. The molecular weight excluding hydrogens is 793 g/mol. The molecule has 14 heteroatoms. The third-order valence-corrected chi connectivity index (χ3v) is 14.0. The minimum atomic E-state index is -1.48. The number of esters is 1. The molecule has 3 aromatic rings. The molecule has 61 heavy (non-hydrogen) atoms. The second-order valence-corrected chi connectivity index (χ2v) is 18.4. The third kappa shape index (κ3) is 9.69. The minimum absolute atomic E-state index is 0.000632. The highest BCUT2D eigenvalue weighted by Gasteiger charge is 2.44. The fraction of sp³-hybridized carbons (Fsp3) is 0.532. The Morgan fingerprint density at radius 3 is 2.36 bits per heavy atom. The number of carbonyl (C=O) groups excluding carboxylic acids is 2. The van der Waals surface area contributed by atoms with Gasteiger partial charge < -0.3 is 45.4 Å². The van der Waals surface area contributed by atoms with Crippen LogP contribution in [0.1, 0.15) is 117 Å². The number of aromatic amines is 2. The van der Waals surface area contributed by atoms with Crippen LogP contribution in [-0.2, 0) is 19.1 Å². The van der Waals surface area contributed by atoms with Gasteiger partial charge in [-0.25, -0.2) is 4.98 Å². The van der Waals surface area contributed by atoms with Crippen LogP contribution < -0.4 is 5.73 Å². The highest BCUT2D eigenvalue weighted by molar-refractivity contribution is 7.99. The maximum atomic E-state index is 13.7. The Morgan fingerprint density at radius 1 is 0.984 bits per heavy atom. The monoisotopic (exact) mass is 856 g/mol. The number of hydrogen-bond donors (Lipinski definition) is 6. The summed E-state index contributed by atoms with van der Waals surface area (Å²) in [6.45, 7) is 20.7. The number of allylic oxidation sites excluding steroid dienone is 2. The summed E-state index contributed by atoms with van der Waals surface area (Å²) in [6.07, 6.45) is -1.00. The number of aliphatic hydroxyl groups excluding tert-OH is 3. The SMILES string of the molecule is C=Cc1c(C)c2cc3nc(c(C)c4cc(C)c(cc5nc(cc1[nH]2)C(C)=C5CC)[nH]4)[C@@H](CCC(=O)N(C)CCCS[C@@H]1O[C@H](COC(=O)[C@@H](N)C(C)C)[C@@H](O)[C@H](O)[C@H]1O)[C@@H]3C. The van der Waals surface area contributed by atoms with E-state index in [-0.39, 0.29) is 30.3 Å². The number of fused-ring (bicyclic) bond motifs is 8. The van der Waals surface area contributed by atoms with Crippen molar-refractivity contribution in [3.8, 4) is 0 Å². The van der Waals surface area contributed by atoms with Crippen LogP contribution in [-0.4, -0.2) is 114 Å². The molecule has 3 aliphatic heterocycles. The van der Waals surface area contributed by atoms with Crippen molar-refractivity contribution in [1.29, 1.82) is 0 Å². The van der Waals surface area contributed by atoms with Gasteiger partial charge in [0.1, 0.15) is 42.5 Å². The lowest BCUT2D eigenvalue weighted by molar-refractivity contribution is -0.210. The van der Waals surface area contributed by atoms with Crippen LogP contribution >= 0.6 is 11.8 Å². The van der Waals surface area contributed by atoms with Gasteiger partial charge >= 0.3 is 5.97 Å². The van der Waals surface area contributed by atoms with E-state index in [1.165, 1.54) is 22.9 Å². The van der Waals surface area contributed by atoms with Gasteiger partial charge in [0.25, 0.3) is 0 Å². The molecule has 0 unspecified atom stereocenters. The quantitative estimate of drug-likeness (QED) is 0.0736. The van der Waals surface area contributed by atoms with Gasteiger partial charge in [0.05, 0.1) is 11.4 Å². The molecule has 0 saturated carbocycles. The fourth-order valence-electron chi connectivity index (χ4n) is 8.49. The van der Waals surface area contributed by atoms with Gasteiger partial charge in [0, 0.05) is 70.9 Å². The van der Waals surface area contributed by atoms with Crippen LogP contribution in [0.15, 0.2) is 30.8 Å². The summed E-state index contributed by atoms with van der Waals surface area (Å²) < 4.78 is 11.1. The predicted octanol–water partition coefficient (Wildman–Crippen LogP) is 6.81. The van der Waals surface area contributed by atoms with Crippen LogP contribution in [0.5, 0.6) is 0 Å². The molecule has 1 saturated heterocycles. The highest BCUT2D eigenvalue weighted by Crippen LogP contribution is 2.42. The lowest BCUT2D eigenvalue weighted by Gasteiger charge is -2.40. The molecule has 3 aromatic heterocycles. The number of carbonyl (C=O) groups is 2. The molecule has 1 fully saturated rings. The average Bonchev–Trinajstić information content (AvgIpc) is 3.94. The Kier molecular flexibility index (Phi) is 14.7. The third-order valence-electron chi connectivity index (χ3n) is 12.7. The molecule has 0 spiro atoms. The maximum Gasteiger partial charge on any atom is 0.323 e. The number of hydrogen-bond acceptors (Lipinski definition) is 11. The zero-order valence-corrected chi connectivity index (χ0v) is 37.9. The number of H-pyrrole nitrogens is 2. The second kappa shape index (κ2) is 19.4. The first kappa shape index (κ1) is 46.2. The van der Waals surface area contributed by atoms with E-state index in [0.717, 1.165) is 73.5 Å². The number of rotatable bonds is 14. The van der Waals surface area contributed by atoms with E-state index in [0.29, 0.717) is 31.6 Å². The van der Waals surface area contributed by atoms with Crippen molar-refractivity contribution in [2.24, 2.45) is 11.7 Å². The van der Waals surface area contributed by atoms with Gasteiger partial charge in [0.2, 0.25) is 5.91 Å². The van der Waals surface area contributed by atoms with Gasteiger partial charge in [-0.2, -0.15) is 0 Å².